The molecule has 3 nitrogen and oxygen atoms in total. The highest BCUT2D eigenvalue weighted by Crippen LogP contribution is 2.25. The van der Waals surface area contributed by atoms with Crippen molar-refractivity contribution >= 4 is 16.7 Å². The standard InChI is InChI=1S/C18H21NO2/c20-18(21)9-8-14-10-11-19(12-14)13-16-6-3-5-15-4-1-2-7-17(15)16/h1-7,14H,8-13H2,(H,20,21). The van der Waals surface area contributed by atoms with Crippen LogP contribution in [0.3, 0.4) is 0 Å². The lowest BCUT2D eigenvalue weighted by molar-refractivity contribution is -0.137. The van der Waals surface area contributed by atoms with Crippen LogP contribution in [0.2, 0.25) is 0 Å². The van der Waals surface area contributed by atoms with E-state index in [0.29, 0.717) is 12.3 Å². The Bertz CT molecular complexity index is 633. The Kier molecular flexibility index (Phi) is 4.20. The predicted molar refractivity (Wildman–Crippen MR) is 84.2 cm³/mol. The molecule has 1 unspecified atom stereocenters. The van der Waals surface area contributed by atoms with E-state index in [1.165, 1.54) is 16.3 Å². The van der Waals surface area contributed by atoms with Gasteiger partial charge in [-0.1, -0.05) is 42.5 Å². The molecule has 1 fully saturated rings. The summed E-state index contributed by atoms with van der Waals surface area (Å²) in [5, 5.41) is 11.4. The number of carboxylic acids is 1. The van der Waals surface area contributed by atoms with Gasteiger partial charge in [-0.25, -0.2) is 0 Å². The fourth-order valence-corrected chi connectivity index (χ4v) is 3.29. The first-order chi connectivity index (χ1) is 10.2. The highest BCUT2D eigenvalue weighted by molar-refractivity contribution is 5.85. The summed E-state index contributed by atoms with van der Waals surface area (Å²) in [5.74, 6) is -0.140. The van der Waals surface area contributed by atoms with E-state index in [1.54, 1.807) is 0 Å². The number of benzene rings is 2. The van der Waals surface area contributed by atoms with Gasteiger partial charge in [-0.15, -0.1) is 0 Å². The Balaban J connectivity index is 1.65. The number of nitrogens with zero attached hydrogens (tertiary/aromatic N) is 1. The van der Waals surface area contributed by atoms with Gasteiger partial charge in [-0.2, -0.15) is 0 Å². The summed E-state index contributed by atoms with van der Waals surface area (Å²) in [4.78, 5) is 13.1. The van der Waals surface area contributed by atoms with E-state index >= 15 is 0 Å². The fourth-order valence-electron chi connectivity index (χ4n) is 3.29. The summed E-state index contributed by atoms with van der Waals surface area (Å²) in [6, 6.07) is 15.0. The van der Waals surface area contributed by atoms with E-state index in [1.807, 2.05) is 0 Å². The normalized spacial score (nSPS) is 19.1. The molecule has 0 saturated carbocycles. The molecule has 1 saturated heterocycles. The number of aliphatic carboxylic acids is 1. The molecule has 0 radical (unpaired) electrons. The van der Waals surface area contributed by atoms with Gasteiger partial charge in [0.05, 0.1) is 0 Å². The molecule has 0 aromatic heterocycles. The molecule has 1 atom stereocenters. The molecular formula is C18H21NO2. The van der Waals surface area contributed by atoms with E-state index < -0.39 is 5.97 Å². The zero-order valence-electron chi connectivity index (χ0n) is 12.2. The SMILES string of the molecule is O=C(O)CCC1CCN(Cc2cccc3ccccc23)C1. The fraction of sp³-hybridized carbons (Fsp3) is 0.389. The molecule has 110 valence electrons. The molecule has 2 aromatic rings. The van der Waals surface area contributed by atoms with Crippen molar-refractivity contribution in [3.63, 3.8) is 0 Å². The molecule has 1 N–H and O–H groups in total. The third kappa shape index (κ3) is 3.42. The number of rotatable bonds is 5. The van der Waals surface area contributed by atoms with Crippen LogP contribution in [0.5, 0.6) is 0 Å². The van der Waals surface area contributed by atoms with Gasteiger partial charge in [0.1, 0.15) is 0 Å². The second-order valence-corrected chi connectivity index (χ2v) is 5.96. The smallest absolute Gasteiger partial charge is 0.303 e. The minimum atomic E-state index is -0.678. The molecule has 0 amide bonds. The highest BCUT2D eigenvalue weighted by Gasteiger charge is 2.23. The van der Waals surface area contributed by atoms with E-state index in [2.05, 4.69) is 47.4 Å². The molecule has 0 spiro atoms. The van der Waals surface area contributed by atoms with Crippen molar-refractivity contribution in [1.29, 1.82) is 0 Å². The summed E-state index contributed by atoms with van der Waals surface area (Å²) in [6.45, 7) is 3.06. The Hall–Kier alpha value is -1.87. The predicted octanol–water partition coefficient (Wildman–Crippen LogP) is 3.53. The van der Waals surface area contributed by atoms with Crippen LogP contribution >= 0.6 is 0 Å². The lowest BCUT2D eigenvalue weighted by Crippen LogP contribution is -2.20. The minimum Gasteiger partial charge on any atom is -0.481 e. The van der Waals surface area contributed by atoms with Gasteiger partial charge in [0.25, 0.3) is 0 Å². The average Bonchev–Trinajstić information content (AvgIpc) is 2.93. The number of likely N-dealkylation sites (tertiary alicyclic amines) is 1. The van der Waals surface area contributed by atoms with Crippen LogP contribution in [-0.4, -0.2) is 29.1 Å². The Morgan fingerprint density at radius 1 is 1.19 bits per heavy atom. The van der Waals surface area contributed by atoms with Crippen LogP contribution in [0, 0.1) is 5.92 Å². The third-order valence-electron chi connectivity index (χ3n) is 4.41. The van der Waals surface area contributed by atoms with Crippen molar-refractivity contribution < 1.29 is 9.90 Å². The van der Waals surface area contributed by atoms with Crippen LogP contribution in [-0.2, 0) is 11.3 Å². The lowest BCUT2D eigenvalue weighted by atomic mass is 10.0. The number of hydrogen-bond donors (Lipinski definition) is 1. The van der Waals surface area contributed by atoms with Gasteiger partial charge in [-0.3, -0.25) is 9.69 Å². The second kappa shape index (κ2) is 6.27. The lowest BCUT2D eigenvalue weighted by Gasteiger charge is -2.17. The van der Waals surface area contributed by atoms with Crippen LogP contribution in [0.15, 0.2) is 42.5 Å². The Morgan fingerprint density at radius 2 is 2.00 bits per heavy atom. The summed E-state index contributed by atoms with van der Waals surface area (Å²) in [7, 11) is 0. The van der Waals surface area contributed by atoms with Crippen LogP contribution in [0.1, 0.15) is 24.8 Å². The Morgan fingerprint density at radius 3 is 2.86 bits per heavy atom. The first kappa shape index (κ1) is 14.1. The van der Waals surface area contributed by atoms with Crippen molar-refractivity contribution in [2.75, 3.05) is 13.1 Å². The molecule has 1 heterocycles. The number of hydrogen-bond acceptors (Lipinski definition) is 2. The molecule has 1 aliphatic rings. The van der Waals surface area contributed by atoms with Crippen molar-refractivity contribution in [2.45, 2.75) is 25.8 Å². The van der Waals surface area contributed by atoms with Crippen LogP contribution in [0.4, 0.5) is 0 Å². The van der Waals surface area contributed by atoms with E-state index in [4.69, 9.17) is 5.11 Å². The third-order valence-corrected chi connectivity index (χ3v) is 4.41. The van der Waals surface area contributed by atoms with Gasteiger partial charge in [0, 0.05) is 19.5 Å². The van der Waals surface area contributed by atoms with Crippen LogP contribution in [0.25, 0.3) is 10.8 Å². The maximum atomic E-state index is 10.7. The topological polar surface area (TPSA) is 40.5 Å². The average molecular weight is 283 g/mol. The summed E-state index contributed by atoms with van der Waals surface area (Å²) in [6.07, 6.45) is 2.23. The molecule has 21 heavy (non-hydrogen) atoms. The summed E-state index contributed by atoms with van der Waals surface area (Å²) in [5.41, 5.74) is 1.37. The molecule has 3 heteroatoms. The van der Waals surface area contributed by atoms with Crippen molar-refractivity contribution in [1.82, 2.24) is 4.90 Å². The monoisotopic (exact) mass is 283 g/mol. The summed E-state index contributed by atoms with van der Waals surface area (Å²) >= 11 is 0. The molecule has 3 rings (SSSR count). The van der Waals surface area contributed by atoms with Gasteiger partial charge in [-0.05, 0) is 41.6 Å². The molecule has 1 aliphatic heterocycles. The number of carboxylic acid groups (broad SMARTS) is 1. The molecule has 2 aromatic carbocycles. The highest BCUT2D eigenvalue weighted by atomic mass is 16.4. The van der Waals surface area contributed by atoms with Crippen molar-refractivity contribution in [3.8, 4) is 0 Å². The largest absolute Gasteiger partial charge is 0.481 e. The second-order valence-electron chi connectivity index (χ2n) is 5.96. The van der Waals surface area contributed by atoms with Crippen LogP contribution < -0.4 is 0 Å². The maximum Gasteiger partial charge on any atom is 0.303 e. The molecule has 0 aliphatic carbocycles. The minimum absolute atomic E-state index is 0.298. The van der Waals surface area contributed by atoms with E-state index in [0.717, 1.165) is 32.5 Å². The molecule has 0 bridgehead atoms. The number of fused-ring (bicyclic) bond motifs is 1. The van der Waals surface area contributed by atoms with Crippen molar-refractivity contribution in [2.24, 2.45) is 5.92 Å². The zero-order chi connectivity index (χ0) is 14.7. The zero-order valence-corrected chi connectivity index (χ0v) is 12.2. The first-order valence-corrected chi connectivity index (χ1v) is 7.63. The Labute approximate surface area is 125 Å². The quantitative estimate of drug-likeness (QED) is 0.912. The van der Waals surface area contributed by atoms with Gasteiger partial charge < -0.3 is 5.11 Å². The summed E-state index contributed by atoms with van der Waals surface area (Å²) < 4.78 is 0. The van der Waals surface area contributed by atoms with Crippen molar-refractivity contribution in [3.05, 3.63) is 48.0 Å². The first-order valence-electron chi connectivity index (χ1n) is 7.63. The van der Waals surface area contributed by atoms with E-state index in [9.17, 15) is 4.79 Å². The maximum absolute atomic E-state index is 10.7. The molecular weight excluding hydrogens is 262 g/mol. The van der Waals surface area contributed by atoms with Gasteiger partial charge in [0.2, 0.25) is 0 Å². The van der Waals surface area contributed by atoms with Gasteiger partial charge >= 0.3 is 5.97 Å². The number of carbonyl (C=O) groups is 1. The van der Waals surface area contributed by atoms with Gasteiger partial charge in [0.15, 0.2) is 0 Å². The van der Waals surface area contributed by atoms with E-state index in [-0.39, 0.29) is 0 Å².